The molecule has 3 nitrogen and oxygen atoms in total. The van der Waals surface area contributed by atoms with Crippen LogP contribution in [0.15, 0.2) is 0 Å². The van der Waals surface area contributed by atoms with Gasteiger partial charge >= 0.3 is 0 Å². The van der Waals surface area contributed by atoms with Crippen molar-refractivity contribution in [3.05, 3.63) is 0 Å². The molecule has 1 N–H and O–H groups in total. The van der Waals surface area contributed by atoms with Crippen molar-refractivity contribution in [2.45, 2.75) is 13.3 Å². The fraction of sp³-hybridized carbons (Fsp3) is 0.667. The Labute approximate surface area is 54.4 Å². The average molecular weight is 128 g/mol. The van der Waals surface area contributed by atoms with Crippen molar-refractivity contribution >= 4 is 12.2 Å². The molecule has 51 valence electrons. The van der Waals surface area contributed by atoms with E-state index < -0.39 is 0 Å². The molecule has 0 aromatic carbocycles. The third-order valence-corrected chi connectivity index (χ3v) is 0.972. The van der Waals surface area contributed by atoms with Crippen molar-refractivity contribution < 1.29 is 9.59 Å². The fourth-order valence-electron chi connectivity index (χ4n) is 0.422. The van der Waals surface area contributed by atoms with Crippen molar-refractivity contribution in [2.24, 2.45) is 5.92 Å². The molecule has 0 bridgehead atoms. The zero-order chi connectivity index (χ0) is 7.28. The second-order valence-electron chi connectivity index (χ2n) is 1.90. The van der Waals surface area contributed by atoms with Crippen molar-refractivity contribution in [3.63, 3.8) is 0 Å². The van der Waals surface area contributed by atoms with Gasteiger partial charge in [-0.3, -0.25) is 9.59 Å². The normalized spacial score (nSPS) is 12.2. The lowest BCUT2D eigenvalue weighted by Crippen LogP contribution is -2.20. The van der Waals surface area contributed by atoms with E-state index in [0.29, 0.717) is 0 Å². The molecule has 0 aromatic rings. The van der Waals surface area contributed by atoms with Crippen LogP contribution in [0, 0.1) is 5.92 Å². The van der Waals surface area contributed by atoms with Crippen molar-refractivity contribution in [1.29, 1.82) is 0 Å². The Morgan fingerprint density at radius 3 is 2.67 bits per heavy atom. The molecule has 0 aliphatic rings. The van der Waals surface area contributed by atoms with Crippen molar-refractivity contribution in [3.8, 4) is 0 Å². The van der Waals surface area contributed by atoms with Gasteiger partial charge in [-0.1, -0.05) is 6.92 Å². The van der Waals surface area contributed by atoms with Crippen LogP contribution in [0.25, 0.3) is 0 Å². The van der Waals surface area contributed by atoms with E-state index in [9.17, 15) is 9.59 Å². The minimum atomic E-state index is -0.287. The van der Waals surface area contributed by atoms with Gasteiger partial charge < -0.3 is 5.32 Å². The Morgan fingerprint density at radius 2 is 2.33 bits per heavy atom. The molecule has 0 aliphatic heterocycles. The summed E-state index contributed by atoms with van der Waals surface area (Å²) in [6, 6.07) is 0. The maximum atomic E-state index is 10.5. The summed E-state index contributed by atoms with van der Waals surface area (Å²) >= 11 is 0. The molecule has 0 aliphatic carbocycles. The number of hydrogen-bond acceptors (Lipinski definition) is 2. The highest BCUT2D eigenvalue weighted by molar-refractivity contribution is 5.78. The predicted octanol–water partition coefficient (Wildman–Crippen LogP) is -0.132. The topological polar surface area (TPSA) is 46.2 Å². The molecule has 3 heteroatoms. The molecular weight excluding hydrogens is 118 g/mol. The first-order valence-electron chi connectivity index (χ1n) is 2.79. The number of nitrogens with one attached hydrogen (secondary N) is 1. The minimum absolute atomic E-state index is 0.120. The highest BCUT2D eigenvalue weighted by Gasteiger charge is 2.05. The SMILES string of the molecule is CNC(=O)CC(C)[C]=O. The van der Waals surface area contributed by atoms with Gasteiger partial charge in [-0.05, 0) is 0 Å². The van der Waals surface area contributed by atoms with Gasteiger partial charge in [0.1, 0.15) is 0 Å². The Balaban J connectivity index is 3.46. The first kappa shape index (κ1) is 8.14. The molecule has 0 saturated heterocycles. The number of rotatable bonds is 3. The van der Waals surface area contributed by atoms with E-state index in [1.807, 2.05) is 0 Å². The molecule has 9 heavy (non-hydrogen) atoms. The standard InChI is InChI=1S/C6H10NO2/c1-5(4-8)3-6(9)7-2/h5H,3H2,1-2H3,(H,7,9). The predicted molar refractivity (Wildman–Crippen MR) is 33.5 cm³/mol. The summed E-state index contributed by atoms with van der Waals surface area (Å²) in [5, 5.41) is 2.41. The maximum Gasteiger partial charge on any atom is 0.220 e. The molecule has 1 atom stereocenters. The van der Waals surface area contributed by atoms with Gasteiger partial charge in [0, 0.05) is 19.4 Å². The van der Waals surface area contributed by atoms with Gasteiger partial charge in [-0.2, -0.15) is 0 Å². The van der Waals surface area contributed by atoms with Crippen LogP contribution >= 0.6 is 0 Å². The van der Waals surface area contributed by atoms with Crippen LogP contribution in [-0.2, 0) is 9.59 Å². The lowest BCUT2D eigenvalue weighted by Gasteiger charge is -1.98. The number of amides is 1. The molecule has 0 saturated carbocycles. The van der Waals surface area contributed by atoms with Gasteiger partial charge in [-0.15, -0.1) is 0 Å². The monoisotopic (exact) mass is 128 g/mol. The number of carbonyl (C=O) groups excluding carboxylic acids is 2. The van der Waals surface area contributed by atoms with E-state index in [0.717, 1.165) is 0 Å². The van der Waals surface area contributed by atoms with Crippen LogP contribution in [0.2, 0.25) is 0 Å². The largest absolute Gasteiger partial charge is 0.359 e. The average Bonchev–Trinajstić information content (AvgIpc) is 1.87. The van der Waals surface area contributed by atoms with Crippen LogP contribution < -0.4 is 5.32 Å². The molecule has 0 fully saturated rings. The van der Waals surface area contributed by atoms with E-state index in [4.69, 9.17) is 0 Å². The molecule has 0 spiro atoms. The Morgan fingerprint density at radius 1 is 1.78 bits per heavy atom. The van der Waals surface area contributed by atoms with Gasteiger partial charge in [0.2, 0.25) is 12.2 Å². The Hall–Kier alpha value is -0.860. The third kappa shape index (κ3) is 3.70. The van der Waals surface area contributed by atoms with Gasteiger partial charge in [-0.25, -0.2) is 0 Å². The van der Waals surface area contributed by atoms with E-state index in [1.165, 1.54) is 0 Å². The second-order valence-corrected chi connectivity index (χ2v) is 1.90. The summed E-state index contributed by atoms with van der Waals surface area (Å²) < 4.78 is 0. The molecule has 1 amide bonds. The molecular formula is C6H10NO2. The van der Waals surface area contributed by atoms with E-state index >= 15 is 0 Å². The maximum absolute atomic E-state index is 10.5. The number of carbonyl (C=O) groups is 1. The summed E-state index contributed by atoms with van der Waals surface area (Å²) in [4.78, 5) is 20.3. The van der Waals surface area contributed by atoms with Gasteiger partial charge in [0.25, 0.3) is 0 Å². The van der Waals surface area contributed by atoms with E-state index in [2.05, 4.69) is 5.32 Å². The van der Waals surface area contributed by atoms with Crippen molar-refractivity contribution in [2.75, 3.05) is 7.05 Å². The first-order chi connectivity index (χ1) is 4.20. The van der Waals surface area contributed by atoms with Gasteiger partial charge in [0.15, 0.2) is 0 Å². The smallest absolute Gasteiger partial charge is 0.220 e. The van der Waals surface area contributed by atoms with Gasteiger partial charge in [0.05, 0.1) is 0 Å². The molecule has 0 rings (SSSR count). The van der Waals surface area contributed by atoms with Crippen molar-refractivity contribution in [1.82, 2.24) is 5.32 Å². The van der Waals surface area contributed by atoms with Crippen LogP contribution in [0.4, 0.5) is 0 Å². The summed E-state index contributed by atoms with van der Waals surface area (Å²) in [5.41, 5.74) is 0. The lowest BCUT2D eigenvalue weighted by molar-refractivity contribution is -0.121. The highest BCUT2D eigenvalue weighted by Crippen LogP contribution is 1.94. The summed E-state index contributed by atoms with van der Waals surface area (Å²) in [6.45, 7) is 1.66. The van der Waals surface area contributed by atoms with Crippen LogP contribution in [0.1, 0.15) is 13.3 Å². The molecule has 0 heterocycles. The molecule has 1 radical (unpaired) electrons. The number of hydrogen-bond donors (Lipinski definition) is 1. The summed E-state index contributed by atoms with van der Waals surface area (Å²) in [7, 11) is 1.54. The Kier molecular flexibility index (Phi) is 3.67. The second kappa shape index (κ2) is 4.06. The quantitative estimate of drug-likeness (QED) is 0.575. The summed E-state index contributed by atoms with van der Waals surface area (Å²) in [5.74, 6) is -0.407. The fourth-order valence-corrected chi connectivity index (χ4v) is 0.422. The van der Waals surface area contributed by atoms with Crippen LogP contribution in [0.3, 0.4) is 0 Å². The first-order valence-corrected chi connectivity index (χ1v) is 2.79. The van der Waals surface area contributed by atoms with Crippen LogP contribution in [-0.4, -0.2) is 19.2 Å². The molecule has 1 unspecified atom stereocenters. The van der Waals surface area contributed by atoms with E-state index in [-0.39, 0.29) is 18.2 Å². The van der Waals surface area contributed by atoms with Crippen LogP contribution in [0.5, 0.6) is 0 Å². The van der Waals surface area contributed by atoms with E-state index in [1.54, 1.807) is 20.3 Å². The lowest BCUT2D eigenvalue weighted by atomic mass is 10.1. The third-order valence-electron chi connectivity index (χ3n) is 0.972. The zero-order valence-corrected chi connectivity index (χ0v) is 5.60. The highest BCUT2D eigenvalue weighted by atomic mass is 16.1. The Bertz CT molecular complexity index is 112. The minimum Gasteiger partial charge on any atom is -0.359 e. The summed E-state index contributed by atoms with van der Waals surface area (Å²) in [6.07, 6.45) is 1.96. The molecule has 0 aromatic heterocycles. The zero-order valence-electron chi connectivity index (χ0n) is 5.60.